The van der Waals surface area contributed by atoms with Gasteiger partial charge in [-0.3, -0.25) is 0 Å². The Kier molecular flexibility index (Phi) is 4.49. The standard InChI is InChI=1S/C15H14N2O2/c1-18-9-8-12-2-5-14(6-3-12)19-15-7-4-13(10-16)11-17-15/h2-7,11H,8-9H2,1H3. The summed E-state index contributed by atoms with van der Waals surface area (Å²) >= 11 is 0. The van der Waals surface area contributed by atoms with Crippen molar-refractivity contribution in [3.05, 3.63) is 53.7 Å². The Balaban J connectivity index is 2.00. The molecule has 0 N–H and O–H groups in total. The lowest BCUT2D eigenvalue weighted by Gasteiger charge is -2.05. The summed E-state index contributed by atoms with van der Waals surface area (Å²) in [5.41, 5.74) is 1.71. The van der Waals surface area contributed by atoms with Crippen LogP contribution in [0.1, 0.15) is 11.1 Å². The fourth-order valence-electron chi connectivity index (χ4n) is 1.57. The Hall–Kier alpha value is -2.38. The summed E-state index contributed by atoms with van der Waals surface area (Å²) in [6.07, 6.45) is 2.37. The van der Waals surface area contributed by atoms with Gasteiger partial charge >= 0.3 is 0 Å². The molecule has 4 nitrogen and oxygen atoms in total. The maximum absolute atomic E-state index is 8.68. The first-order valence-electron chi connectivity index (χ1n) is 5.93. The predicted octanol–water partition coefficient (Wildman–Crippen LogP) is 2.93. The van der Waals surface area contributed by atoms with Gasteiger partial charge in [0.15, 0.2) is 0 Å². The first-order chi connectivity index (χ1) is 9.31. The summed E-state index contributed by atoms with van der Waals surface area (Å²) in [6.45, 7) is 0.706. The summed E-state index contributed by atoms with van der Waals surface area (Å²) in [7, 11) is 1.69. The van der Waals surface area contributed by atoms with E-state index in [-0.39, 0.29) is 0 Å². The van der Waals surface area contributed by atoms with E-state index in [1.165, 1.54) is 11.8 Å². The first kappa shape index (κ1) is 13.1. The van der Waals surface area contributed by atoms with Crippen LogP contribution in [0.15, 0.2) is 42.6 Å². The summed E-state index contributed by atoms with van der Waals surface area (Å²) in [6, 6.07) is 13.2. The number of nitriles is 1. The highest BCUT2D eigenvalue weighted by molar-refractivity contribution is 5.33. The number of nitrogens with zero attached hydrogens (tertiary/aromatic N) is 2. The Labute approximate surface area is 112 Å². The summed E-state index contributed by atoms with van der Waals surface area (Å²) in [5.74, 6) is 1.20. The molecule has 0 spiro atoms. The number of hydrogen-bond donors (Lipinski definition) is 0. The molecule has 0 atom stereocenters. The number of pyridine rings is 1. The topological polar surface area (TPSA) is 55.1 Å². The number of hydrogen-bond acceptors (Lipinski definition) is 4. The van der Waals surface area contributed by atoms with Crippen molar-refractivity contribution in [1.82, 2.24) is 4.98 Å². The molecule has 0 aliphatic carbocycles. The SMILES string of the molecule is COCCc1ccc(Oc2ccc(C#N)cn2)cc1. The third-order valence-corrected chi connectivity index (χ3v) is 2.61. The van der Waals surface area contributed by atoms with Crippen LogP contribution in [-0.4, -0.2) is 18.7 Å². The van der Waals surface area contributed by atoms with E-state index >= 15 is 0 Å². The predicted molar refractivity (Wildman–Crippen MR) is 71.0 cm³/mol. The Morgan fingerprint density at radius 2 is 1.95 bits per heavy atom. The lowest BCUT2D eigenvalue weighted by molar-refractivity contribution is 0.202. The van der Waals surface area contributed by atoms with Gasteiger partial charge in [0.1, 0.15) is 11.8 Å². The highest BCUT2D eigenvalue weighted by Gasteiger charge is 2.00. The highest BCUT2D eigenvalue weighted by atomic mass is 16.5. The summed E-state index contributed by atoms with van der Waals surface area (Å²) in [5, 5.41) is 8.68. The van der Waals surface area contributed by atoms with E-state index < -0.39 is 0 Å². The van der Waals surface area contributed by atoms with E-state index in [2.05, 4.69) is 4.98 Å². The molecule has 2 aromatic rings. The third-order valence-electron chi connectivity index (χ3n) is 2.61. The van der Waals surface area contributed by atoms with Crippen molar-refractivity contribution in [2.24, 2.45) is 0 Å². The zero-order chi connectivity index (χ0) is 13.5. The largest absolute Gasteiger partial charge is 0.439 e. The maximum atomic E-state index is 8.68. The van der Waals surface area contributed by atoms with Gasteiger partial charge in [-0.05, 0) is 30.2 Å². The molecule has 0 aliphatic rings. The highest BCUT2D eigenvalue weighted by Crippen LogP contribution is 2.19. The van der Waals surface area contributed by atoms with Gasteiger partial charge in [-0.15, -0.1) is 0 Å². The van der Waals surface area contributed by atoms with E-state index in [0.29, 0.717) is 18.1 Å². The molecule has 0 amide bonds. The molecule has 2 rings (SSSR count). The lowest BCUT2D eigenvalue weighted by atomic mass is 10.1. The normalized spacial score (nSPS) is 9.89. The van der Waals surface area contributed by atoms with Gasteiger partial charge < -0.3 is 9.47 Å². The second-order valence-corrected chi connectivity index (χ2v) is 3.99. The smallest absolute Gasteiger partial charge is 0.219 e. The van der Waals surface area contributed by atoms with Crippen LogP contribution in [0.25, 0.3) is 0 Å². The minimum atomic E-state index is 0.476. The van der Waals surface area contributed by atoms with E-state index in [1.54, 1.807) is 19.2 Å². The van der Waals surface area contributed by atoms with Crippen molar-refractivity contribution in [2.45, 2.75) is 6.42 Å². The molecule has 19 heavy (non-hydrogen) atoms. The molecule has 1 aromatic heterocycles. The minimum absolute atomic E-state index is 0.476. The number of benzene rings is 1. The van der Waals surface area contributed by atoms with Crippen molar-refractivity contribution in [3.63, 3.8) is 0 Å². The van der Waals surface area contributed by atoms with Crippen LogP contribution < -0.4 is 4.74 Å². The molecular weight excluding hydrogens is 240 g/mol. The Bertz CT molecular complexity index is 556. The zero-order valence-corrected chi connectivity index (χ0v) is 10.7. The van der Waals surface area contributed by atoms with Crippen LogP contribution >= 0.6 is 0 Å². The van der Waals surface area contributed by atoms with Gasteiger partial charge in [0.2, 0.25) is 5.88 Å². The van der Waals surface area contributed by atoms with Gasteiger partial charge in [0.25, 0.3) is 0 Å². The first-order valence-corrected chi connectivity index (χ1v) is 5.93. The Morgan fingerprint density at radius 1 is 1.16 bits per heavy atom. The van der Waals surface area contributed by atoms with E-state index in [4.69, 9.17) is 14.7 Å². The second kappa shape index (κ2) is 6.53. The molecular formula is C15H14N2O2. The van der Waals surface area contributed by atoms with Crippen LogP contribution in [0.4, 0.5) is 0 Å². The fourth-order valence-corrected chi connectivity index (χ4v) is 1.57. The summed E-state index contributed by atoms with van der Waals surface area (Å²) < 4.78 is 10.6. The van der Waals surface area contributed by atoms with Crippen LogP contribution in [-0.2, 0) is 11.2 Å². The van der Waals surface area contributed by atoms with Gasteiger partial charge in [-0.2, -0.15) is 5.26 Å². The van der Waals surface area contributed by atoms with E-state index in [1.807, 2.05) is 30.3 Å². The van der Waals surface area contributed by atoms with Crippen LogP contribution in [0, 0.1) is 11.3 Å². The molecule has 0 aliphatic heterocycles. The molecule has 1 aromatic carbocycles. The minimum Gasteiger partial charge on any atom is -0.439 e. The number of methoxy groups -OCH3 is 1. The fraction of sp³-hybridized carbons (Fsp3) is 0.200. The van der Waals surface area contributed by atoms with Gasteiger partial charge in [-0.25, -0.2) is 4.98 Å². The van der Waals surface area contributed by atoms with E-state index in [9.17, 15) is 0 Å². The molecule has 0 fully saturated rings. The molecule has 1 heterocycles. The Morgan fingerprint density at radius 3 is 2.53 bits per heavy atom. The quantitative estimate of drug-likeness (QED) is 0.823. The van der Waals surface area contributed by atoms with Crippen LogP contribution in [0.3, 0.4) is 0 Å². The molecule has 0 saturated carbocycles. The van der Waals surface area contributed by atoms with Crippen molar-refractivity contribution in [1.29, 1.82) is 5.26 Å². The molecule has 0 saturated heterocycles. The monoisotopic (exact) mass is 254 g/mol. The second-order valence-electron chi connectivity index (χ2n) is 3.99. The average Bonchev–Trinajstić information content (AvgIpc) is 2.47. The number of rotatable bonds is 5. The van der Waals surface area contributed by atoms with Crippen LogP contribution in [0.2, 0.25) is 0 Å². The third kappa shape index (κ3) is 3.80. The summed E-state index contributed by atoms with van der Waals surface area (Å²) in [4.78, 5) is 4.05. The molecule has 0 bridgehead atoms. The maximum Gasteiger partial charge on any atom is 0.219 e. The van der Waals surface area contributed by atoms with Gasteiger partial charge in [-0.1, -0.05) is 12.1 Å². The van der Waals surface area contributed by atoms with Gasteiger partial charge in [0, 0.05) is 19.4 Å². The molecule has 4 heteroatoms. The van der Waals surface area contributed by atoms with Crippen molar-refractivity contribution in [2.75, 3.05) is 13.7 Å². The van der Waals surface area contributed by atoms with Crippen LogP contribution in [0.5, 0.6) is 11.6 Å². The molecule has 0 radical (unpaired) electrons. The number of aromatic nitrogens is 1. The van der Waals surface area contributed by atoms with Gasteiger partial charge in [0.05, 0.1) is 12.2 Å². The lowest BCUT2D eigenvalue weighted by Crippen LogP contribution is -1.94. The zero-order valence-electron chi connectivity index (χ0n) is 10.7. The van der Waals surface area contributed by atoms with Crippen molar-refractivity contribution in [3.8, 4) is 17.7 Å². The molecule has 0 unspecified atom stereocenters. The van der Waals surface area contributed by atoms with Crippen molar-refractivity contribution < 1.29 is 9.47 Å². The van der Waals surface area contributed by atoms with E-state index in [0.717, 1.165) is 12.2 Å². The average molecular weight is 254 g/mol. The van der Waals surface area contributed by atoms with Crippen molar-refractivity contribution >= 4 is 0 Å². The molecule has 96 valence electrons. The number of ether oxygens (including phenoxy) is 2.